The van der Waals surface area contributed by atoms with Gasteiger partial charge in [-0.05, 0) is 22.4 Å². The molecule has 0 radical (unpaired) electrons. The lowest BCUT2D eigenvalue weighted by atomic mass is 10.2. The molecule has 0 spiro atoms. The smallest absolute Gasteiger partial charge is 0.326 e. The Morgan fingerprint density at radius 1 is 1.75 bits per heavy atom. The zero-order valence-electron chi connectivity index (χ0n) is 8.28. The van der Waals surface area contributed by atoms with E-state index in [4.69, 9.17) is 22.4 Å². The van der Waals surface area contributed by atoms with Crippen molar-refractivity contribution in [3.05, 3.63) is 20.1 Å². The molecule has 0 saturated carbocycles. The van der Waals surface area contributed by atoms with Crippen molar-refractivity contribution in [1.82, 2.24) is 9.55 Å². The van der Waals surface area contributed by atoms with E-state index < -0.39 is 17.6 Å². The Hall–Kier alpha value is -1.08. The summed E-state index contributed by atoms with van der Waals surface area (Å²) in [6.45, 7) is 1.63. The van der Waals surface area contributed by atoms with Crippen molar-refractivity contribution in [3.63, 3.8) is 0 Å². The monoisotopic (exact) mass is 309 g/mol. The topological polar surface area (TPSA) is 98.2 Å². The molecule has 6 nitrogen and oxygen atoms in total. The third-order valence-corrected chi connectivity index (χ3v) is 3.16. The molecule has 1 atom stereocenters. The summed E-state index contributed by atoms with van der Waals surface area (Å²) in [5.74, 6) is -1.44. The quantitative estimate of drug-likeness (QED) is 0.876. The maximum atomic E-state index is 11.7. The van der Waals surface area contributed by atoms with E-state index in [-0.39, 0.29) is 22.0 Å². The second-order valence-electron chi connectivity index (χ2n) is 3.02. The molecule has 0 fully saturated rings. The number of aromatic nitrogens is 2. The van der Waals surface area contributed by atoms with Gasteiger partial charge in [-0.1, -0.05) is 18.5 Å². The molecule has 0 saturated heterocycles. The average molecular weight is 311 g/mol. The Bertz CT molecular complexity index is 488. The number of halogens is 2. The third-order valence-electron chi connectivity index (χ3n) is 2.02. The van der Waals surface area contributed by atoms with Gasteiger partial charge in [-0.25, -0.2) is 9.78 Å². The fraction of sp³-hybridized carbons (Fsp3) is 0.375. The summed E-state index contributed by atoms with van der Waals surface area (Å²) < 4.78 is 1.06. The first-order valence-corrected chi connectivity index (χ1v) is 5.53. The molecular formula is C8H9BrClN3O3. The van der Waals surface area contributed by atoms with Gasteiger partial charge in [0, 0.05) is 0 Å². The number of anilines is 1. The summed E-state index contributed by atoms with van der Waals surface area (Å²) in [7, 11) is 0. The Kier molecular flexibility index (Phi) is 3.93. The first-order chi connectivity index (χ1) is 7.40. The molecule has 8 heteroatoms. The molecule has 0 amide bonds. The number of nitrogens with two attached hydrogens (primary N) is 1. The molecule has 1 rings (SSSR count). The van der Waals surface area contributed by atoms with Crippen LogP contribution in [0.4, 0.5) is 5.82 Å². The van der Waals surface area contributed by atoms with Crippen molar-refractivity contribution in [3.8, 4) is 0 Å². The Labute approximate surface area is 104 Å². The highest BCUT2D eigenvalue weighted by molar-refractivity contribution is 9.10. The number of rotatable bonds is 3. The molecule has 0 aliphatic heterocycles. The third kappa shape index (κ3) is 2.19. The van der Waals surface area contributed by atoms with E-state index in [0.717, 1.165) is 4.57 Å². The fourth-order valence-electron chi connectivity index (χ4n) is 1.26. The number of carboxylic acid groups (broad SMARTS) is 1. The molecule has 0 aliphatic rings. The lowest BCUT2D eigenvalue weighted by molar-refractivity contribution is -0.141. The van der Waals surface area contributed by atoms with Gasteiger partial charge in [0.15, 0.2) is 5.82 Å². The highest BCUT2D eigenvalue weighted by atomic mass is 79.9. The second-order valence-corrected chi connectivity index (χ2v) is 4.13. The predicted octanol–water partition coefficient (Wildman–Crippen LogP) is 1.28. The molecule has 0 aliphatic carbocycles. The van der Waals surface area contributed by atoms with Gasteiger partial charge in [-0.15, -0.1) is 0 Å². The van der Waals surface area contributed by atoms with E-state index >= 15 is 0 Å². The van der Waals surface area contributed by atoms with Crippen LogP contribution in [0.1, 0.15) is 19.4 Å². The summed E-state index contributed by atoms with van der Waals surface area (Å²) in [5, 5.41) is 8.89. The zero-order valence-corrected chi connectivity index (χ0v) is 10.6. The van der Waals surface area contributed by atoms with Gasteiger partial charge in [-0.2, -0.15) is 0 Å². The normalized spacial score (nSPS) is 12.4. The minimum absolute atomic E-state index is 0.0755. The molecule has 1 unspecified atom stereocenters. The summed E-state index contributed by atoms with van der Waals surface area (Å²) >= 11 is 8.82. The maximum Gasteiger partial charge on any atom is 0.326 e. The van der Waals surface area contributed by atoms with Crippen molar-refractivity contribution >= 4 is 39.3 Å². The summed E-state index contributed by atoms with van der Waals surface area (Å²) in [5.41, 5.74) is 4.65. The van der Waals surface area contributed by atoms with Crippen LogP contribution in [0.5, 0.6) is 0 Å². The molecule has 1 heterocycles. The SMILES string of the molecule is CCC(C(=O)O)n1c(Cl)c(Br)nc(N)c1=O. The first-order valence-electron chi connectivity index (χ1n) is 4.36. The molecule has 16 heavy (non-hydrogen) atoms. The highest BCUT2D eigenvalue weighted by Crippen LogP contribution is 2.23. The number of nitrogen functional groups attached to an aromatic ring is 1. The van der Waals surface area contributed by atoms with Gasteiger partial charge < -0.3 is 10.8 Å². The number of hydrogen-bond acceptors (Lipinski definition) is 4. The first kappa shape index (κ1) is 13.0. The lowest BCUT2D eigenvalue weighted by Gasteiger charge is -2.16. The van der Waals surface area contributed by atoms with Crippen LogP contribution in [0.25, 0.3) is 0 Å². The summed E-state index contributed by atoms with van der Waals surface area (Å²) in [6.07, 6.45) is 0.213. The number of nitrogens with zero attached hydrogens (tertiary/aromatic N) is 2. The van der Waals surface area contributed by atoms with Crippen molar-refractivity contribution < 1.29 is 9.90 Å². The lowest BCUT2D eigenvalue weighted by Crippen LogP contribution is -2.32. The van der Waals surface area contributed by atoms with Crippen LogP contribution in [0.2, 0.25) is 5.15 Å². The van der Waals surface area contributed by atoms with E-state index in [2.05, 4.69) is 20.9 Å². The zero-order chi connectivity index (χ0) is 12.5. The van der Waals surface area contributed by atoms with E-state index in [1.807, 2.05) is 0 Å². The van der Waals surface area contributed by atoms with Gasteiger partial charge in [0.05, 0.1) is 0 Å². The fourth-order valence-corrected chi connectivity index (χ4v) is 1.88. The highest BCUT2D eigenvalue weighted by Gasteiger charge is 2.24. The number of carbonyl (C=O) groups is 1. The molecule has 1 aromatic heterocycles. The molecular weight excluding hydrogens is 301 g/mol. The molecule has 3 N–H and O–H groups in total. The number of hydrogen-bond donors (Lipinski definition) is 2. The summed E-state index contributed by atoms with van der Waals surface area (Å²) in [4.78, 5) is 26.3. The van der Waals surface area contributed by atoms with Crippen LogP contribution in [-0.4, -0.2) is 20.6 Å². The Morgan fingerprint density at radius 2 is 2.31 bits per heavy atom. The van der Waals surface area contributed by atoms with Gasteiger partial charge >= 0.3 is 5.97 Å². The van der Waals surface area contributed by atoms with Gasteiger partial charge in [0.1, 0.15) is 15.8 Å². The van der Waals surface area contributed by atoms with E-state index in [1.54, 1.807) is 6.92 Å². The molecule has 0 bridgehead atoms. The Morgan fingerprint density at radius 3 is 2.75 bits per heavy atom. The van der Waals surface area contributed by atoms with Crippen LogP contribution in [0, 0.1) is 0 Å². The number of carboxylic acids is 1. The van der Waals surface area contributed by atoms with Gasteiger partial charge in [0.25, 0.3) is 5.56 Å². The van der Waals surface area contributed by atoms with Crippen LogP contribution >= 0.6 is 27.5 Å². The van der Waals surface area contributed by atoms with E-state index in [0.29, 0.717) is 0 Å². The molecule has 88 valence electrons. The number of aliphatic carboxylic acids is 1. The van der Waals surface area contributed by atoms with Gasteiger partial charge in [0.2, 0.25) is 0 Å². The molecule has 1 aromatic rings. The minimum Gasteiger partial charge on any atom is -0.480 e. The van der Waals surface area contributed by atoms with Crippen molar-refractivity contribution in [1.29, 1.82) is 0 Å². The summed E-state index contributed by atoms with van der Waals surface area (Å²) in [6, 6.07) is -1.05. The van der Waals surface area contributed by atoms with E-state index in [1.165, 1.54) is 0 Å². The average Bonchev–Trinajstić information content (AvgIpc) is 2.21. The molecule has 0 aromatic carbocycles. The van der Waals surface area contributed by atoms with Crippen LogP contribution in [-0.2, 0) is 4.79 Å². The minimum atomic E-state index is -1.15. The van der Waals surface area contributed by atoms with Gasteiger partial charge in [-0.3, -0.25) is 9.36 Å². The standard InChI is InChI=1S/C8H9BrClN3O3/c1-2-3(8(15)16)13-5(10)4(9)12-6(11)7(13)14/h3H,2H2,1H3,(H2,11,12)(H,15,16). The van der Waals surface area contributed by atoms with Crippen molar-refractivity contribution in [2.75, 3.05) is 5.73 Å². The van der Waals surface area contributed by atoms with Crippen LogP contribution < -0.4 is 11.3 Å². The maximum absolute atomic E-state index is 11.7. The van der Waals surface area contributed by atoms with Crippen LogP contribution in [0.3, 0.4) is 0 Å². The largest absolute Gasteiger partial charge is 0.480 e. The Balaban J connectivity index is 3.54. The van der Waals surface area contributed by atoms with Crippen molar-refractivity contribution in [2.24, 2.45) is 0 Å². The van der Waals surface area contributed by atoms with Crippen LogP contribution in [0.15, 0.2) is 9.40 Å². The second kappa shape index (κ2) is 4.84. The predicted molar refractivity (Wildman–Crippen MR) is 62.6 cm³/mol. The van der Waals surface area contributed by atoms with Crippen molar-refractivity contribution in [2.45, 2.75) is 19.4 Å². The van der Waals surface area contributed by atoms with E-state index in [9.17, 15) is 9.59 Å².